The van der Waals surface area contributed by atoms with Crippen molar-refractivity contribution in [2.75, 3.05) is 17.2 Å². The minimum absolute atomic E-state index is 0.201. The Labute approximate surface area is 141 Å². The van der Waals surface area contributed by atoms with Crippen LogP contribution in [-0.4, -0.2) is 18.5 Å². The van der Waals surface area contributed by atoms with Crippen molar-refractivity contribution in [1.82, 2.24) is 5.32 Å². The van der Waals surface area contributed by atoms with Gasteiger partial charge in [-0.3, -0.25) is 4.79 Å². The van der Waals surface area contributed by atoms with Crippen LogP contribution in [0.25, 0.3) is 0 Å². The van der Waals surface area contributed by atoms with Crippen molar-refractivity contribution in [3.63, 3.8) is 0 Å². The maximum atomic E-state index is 12.5. The first kappa shape index (κ1) is 16.8. The van der Waals surface area contributed by atoms with Gasteiger partial charge in [-0.25, -0.2) is 4.79 Å². The van der Waals surface area contributed by atoms with Gasteiger partial charge in [0.1, 0.15) is 0 Å². The van der Waals surface area contributed by atoms with E-state index < -0.39 is 17.8 Å². The number of anilines is 2. The molecule has 3 rings (SSSR count). The minimum Gasteiger partial charge on any atom is -0.352 e. The van der Waals surface area contributed by atoms with Crippen LogP contribution in [0.2, 0.25) is 0 Å². The molecule has 0 fully saturated rings. The van der Waals surface area contributed by atoms with Crippen molar-refractivity contribution in [3.05, 3.63) is 59.2 Å². The van der Waals surface area contributed by atoms with E-state index in [0.29, 0.717) is 17.8 Å². The highest BCUT2D eigenvalue weighted by Gasteiger charge is 2.30. The lowest BCUT2D eigenvalue weighted by Crippen LogP contribution is -2.32. The van der Waals surface area contributed by atoms with Crippen LogP contribution in [0.1, 0.15) is 21.5 Å². The summed E-state index contributed by atoms with van der Waals surface area (Å²) < 4.78 is 37.5. The molecule has 0 bridgehead atoms. The average molecular weight is 349 g/mol. The predicted molar refractivity (Wildman–Crippen MR) is 86.6 cm³/mol. The second-order valence-electron chi connectivity index (χ2n) is 5.53. The van der Waals surface area contributed by atoms with E-state index in [1.54, 1.807) is 18.2 Å². The lowest BCUT2D eigenvalue weighted by molar-refractivity contribution is -0.137. The van der Waals surface area contributed by atoms with Crippen LogP contribution < -0.4 is 16.0 Å². The molecule has 3 amide bonds. The molecule has 0 unspecified atom stereocenters. The summed E-state index contributed by atoms with van der Waals surface area (Å²) in [5.74, 6) is -0.201. The molecule has 1 heterocycles. The summed E-state index contributed by atoms with van der Waals surface area (Å²) in [6.45, 7) is 0.576. The molecule has 8 heteroatoms. The summed E-state index contributed by atoms with van der Waals surface area (Å²) >= 11 is 0. The number of benzene rings is 2. The number of carbonyl (C=O) groups excluding carboxylic acids is 2. The van der Waals surface area contributed by atoms with Crippen LogP contribution in [0.3, 0.4) is 0 Å². The summed E-state index contributed by atoms with van der Waals surface area (Å²) in [5, 5.41) is 7.71. The number of fused-ring (bicyclic) bond motifs is 1. The third-order valence-electron chi connectivity index (χ3n) is 3.76. The quantitative estimate of drug-likeness (QED) is 0.775. The van der Waals surface area contributed by atoms with Crippen molar-refractivity contribution in [2.45, 2.75) is 12.6 Å². The van der Waals surface area contributed by atoms with Gasteiger partial charge in [-0.05, 0) is 48.4 Å². The van der Waals surface area contributed by atoms with Crippen LogP contribution in [0, 0.1) is 0 Å². The van der Waals surface area contributed by atoms with Crippen molar-refractivity contribution < 1.29 is 22.8 Å². The van der Waals surface area contributed by atoms with Crippen molar-refractivity contribution in [2.24, 2.45) is 0 Å². The van der Waals surface area contributed by atoms with Gasteiger partial charge in [-0.1, -0.05) is 6.07 Å². The molecule has 5 nitrogen and oxygen atoms in total. The highest BCUT2D eigenvalue weighted by Crippen LogP contribution is 2.29. The molecular formula is C17H14F3N3O2. The van der Waals surface area contributed by atoms with Gasteiger partial charge in [-0.2, -0.15) is 13.2 Å². The Morgan fingerprint density at radius 1 is 1.00 bits per heavy atom. The molecule has 0 saturated carbocycles. The lowest BCUT2D eigenvalue weighted by atomic mass is 10.00. The highest BCUT2D eigenvalue weighted by molar-refractivity contribution is 6.02. The van der Waals surface area contributed by atoms with Gasteiger partial charge in [0.05, 0.1) is 5.56 Å². The molecule has 0 spiro atoms. The van der Waals surface area contributed by atoms with Crippen molar-refractivity contribution in [3.8, 4) is 0 Å². The Kier molecular flexibility index (Phi) is 4.35. The van der Waals surface area contributed by atoms with E-state index in [1.165, 1.54) is 12.1 Å². The molecule has 25 heavy (non-hydrogen) atoms. The van der Waals surface area contributed by atoms with E-state index in [2.05, 4.69) is 16.0 Å². The number of hydrogen-bond acceptors (Lipinski definition) is 2. The Morgan fingerprint density at radius 2 is 1.64 bits per heavy atom. The van der Waals surface area contributed by atoms with Gasteiger partial charge >= 0.3 is 12.2 Å². The van der Waals surface area contributed by atoms with Crippen LogP contribution in [0.5, 0.6) is 0 Å². The Balaban J connectivity index is 1.67. The third kappa shape index (κ3) is 3.90. The zero-order valence-corrected chi connectivity index (χ0v) is 12.9. The number of hydrogen-bond donors (Lipinski definition) is 3. The zero-order chi connectivity index (χ0) is 18.0. The summed E-state index contributed by atoms with van der Waals surface area (Å²) in [6.07, 6.45) is -3.70. The highest BCUT2D eigenvalue weighted by atomic mass is 19.4. The predicted octanol–water partition coefficient (Wildman–Crippen LogP) is 3.64. The maximum absolute atomic E-state index is 12.5. The number of nitrogens with one attached hydrogen (secondary N) is 3. The fourth-order valence-corrected chi connectivity index (χ4v) is 2.53. The van der Waals surface area contributed by atoms with E-state index in [9.17, 15) is 22.8 Å². The summed E-state index contributed by atoms with van der Waals surface area (Å²) in [5.41, 5.74) is 1.25. The third-order valence-corrected chi connectivity index (χ3v) is 3.76. The molecule has 1 aliphatic heterocycles. The zero-order valence-electron chi connectivity index (χ0n) is 12.9. The summed E-state index contributed by atoms with van der Waals surface area (Å²) in [7, 11) is 0. The van der Waals surface area contributed by atoms with Crippen molar-refractivity contribution in [1.29, 1.82) is 0 Å². The van der Waals surface area contributed by atoms with Crippen LogP contribution in [-0.2, 0) is 12.6 Å². The van der Waals surface area contributed by atoms with Gasteiger partial charge in [-0.15, -0.1) is 0 Å². The first-order valence-corrected chi connectivity index (χ1v) is 7.49. The topological polar surface area (TPSA) is 70.2 Å². The number of carbonyl (C=O) groups is 2. The molecule has 0 radical (unpaired) electrons. The average Bonchev–Trinajstić information content (AvgIpc) is 2.55. The normalized spacial score (nSPS) is 13.6. The van der Waals surface area contributed by atoms with Gasteiger partial charge < -0.3 is 16.0 Å². The molecule has 3 N–H and O–H groups in total. The van der Waals surface area contributed by atoms with Gasteiger partial charge in [0.15, 0.2) is 0 Å². The Morgan fingerprint density at radius 3 is 2.32 bits per heavy atom. The first-order chi connectivity index (χ1) is 11.8. The van der Waals surface area contributed by atoms with Gasteiger partial charge in [0, 0.05) is 23.5 Å². The van der Waals surface area contributed by atoms with E-state index in [0.717, 1.165) is 24.1 Å². The summed E-state index contributed by atoms with van der Waals surface area (Å²) in [4.78, 5) is 23.8. The molecule has 0 aliphatic carbocycles. The van der Waals surface area contributed by atoms with Crippen LogP contribution in [0.4, 0.5) is 29.3 Å². The molecule has 0 saturated heterocycles. The fourth-order valence-electron chi connectivity index (χ4n) is 2.53. The first-order valence-electron chi connectivity index (χ1n) is 7.49. The lowest BCUT2D eigenvalue weighted by Gasteiger charge is -2.17. The number of amides is 3. The van der Waals surface area contributed by atoms with Gasteiger partial charge in [0.2, 0.25) is 0 Å². The monoisotopic (exact) mass is 349 g/mol. The molecule has 2 aromatic carbocycles. The molecule has 0 aromatic heterocycles. The Bertz CT molecular complexity index is 817. The second-order valence-corrected chi connectivity index (χ2v) is 5.53. The fraction of sp³-hybridized carbons (Fsp3) is 0.176. The number of halogens is 3. The SMILES string of the molecule is O=C(Nc1ccc(C(F)(F)F)cc1)Nc1ccc2c(c1)C(=O)NCC2. The molecule has 1 aliphatic rings. The van der Waals surface area contributed by atoms with E-state index in [1.807, 2.05) is 0 Å². The minimum atomic E-state index is -4.43. The Hall–Kier alpha value is -3.03. The van der Waals surface area contributed by atoms with E-state index in [4.69, 9.17) is 0 Å². The molecule has 130 valence electrons. The van der Waals surface area contributed by atoms with E-state index in [-0.39, 0.29) is 11.6 Å². The standard InChI is InChI=1S/C17H14F3N3O2/c18-17(19,20)11-2-5-12(6-3-11)22-16(25)23-13-4-1-10-7-8-21-15(24)14(10)9-13/h1-6,9H,7-8H2,(H,21,24)(H2,22,23,25). The number of rotatable bonds is 2. The van der Waals surface area contributed by atoms with Gasteiger partial charge in [0.25, 0.3) is 5.91 Å². The molecular weight excluding hydrogens is 335 g/mol. The number of urea groups is 1. The van der Waals surface area contributed by atoms with E-state index >= 15 is 0 Å². The largest absolute Gasteiger partial charge is 0.416 e. The van der Waals surface area contributed by atoms with Crippen LogP contribution >= 0.6 is 0 Å². The second kappa shape index (κ2) is 6.46. The van der Waals surface area contributed by atoms with Crippen molar-refractivity contribution >= 4 is 23.3 Å². The smallest absolute Gasteiger partial charge is 0.352 e. The van der Waals surface area contributed by atoms with Crippen LogP contribution in [0.15, 0.2) is 42.5 Å². The molecule has 0 atom stereocenters. The molecule has 2 aromatic rings. The maximum Gasteiger partial charge on any atom is 0.416 e. The number of alkyl halides is 3. The summed E-state index contributed by atoms with van der Waals surface area (Å²) in [6, 6.07) is 8.50.